The maximum absolute atomic E-state index is 12.2. The van der Waals surface area contributed by atoms with Gasteiger partial charge in [-0.05, 0) is 18.6 Å². The summed E-state index contributed by atoms with van der Waals surface area (Å²) in [7, 11) is 0. The maximum Gasteiger partial charge on any atom is 0.335 e. The smallest absolute Gasteiger partial charge is 0.335 e. The summed E-state index contributed by atoms with van der Waals surface area (Å²) in [4.78, 5) is 48.7. The molecule has 4 amide bonds. The summed E-state index contributed by atoms with van der Waals surface area (Å²) in [6.07, 6.45) is 0. The number of rotatable bonds is 5. The van der Waals surface area contributed by atoms with Crippen molar-refractivity contribution < 1.29 is 23.9 Å². The Bertz CT molecular complexity index is 646. The molecule has 0 atom stereocenters. The quantitative estimate of drug-likeness (QED) is 0.444. The third-order valence-corrected chi connectivity index (χ3v) is 3.79. The molecule has 0 unspecified atom stereocenters. The number of hydrogen-bond donors (Lipinski definition) is 0. The molecule has 0 radical (unpaired) electrons. The van der Waals surface area contributed by atoms with Gasteiger partial charge in [-0.15, -0.1) is 0 Å². The molecule has 0 bridgehead atoms. The molecule has 116 valence electrons. The van der Waals surface area contributed by atoms with Crippen molar-refractivity contribution >= 4 is 39.7 Å². The van der Waals surface area contributed by atoms with E-state index >= 15 is 0 Å². The number of carbonyl (C=O) groups excluding carboxylic acids is 4. The number of urea groups is 1. The van der Waals surface area contributed by atoms with Crippen LogP contribution in [-0.2, 0) is 25.7 Å². The highest BCUT2D eigenvalue weighted by Gasteiger charge is 2.45. The largest absolute Gasteiger partial charge is 0.465 e. The molecule has 1 aromatic rings. The Morgan fingerprint density at radius 2 is 1.77 bits per heavy atom. The second kappa shape index (κ2) is 6.69. The molecule has 1 saturated heterocycles. The van der Waals surface area contributed by atoms with Crippen molar-refractivity contribution in [3.8, 4) is 0 Å². The zero-order chi connectivity index (χ0) is 16.3. The van der Waals surface area contributed by atoms with Crippen LogP contribution in [0.5, 0.6) is 0 Å². The summed E-state index contributed by atoms with van der Waals surface area (Å²) in [6, 6.07) is 6.21. The highest BCUT2D eigenvalue weighted by Crippen LogP contribution is 2.21. The molecule has 22 heavy (non-hydrogen) atoms. The highest BCUT2D eigenvalue weighted by atomic mass is 79.9. The molecule has 8 heteroatoms. The Morgan fingerprint density at radius 1 is 1.14 bits per heavy atom. The normalized spacial score (nSPS) is 14.7. The van der Waals surface area contributed by atoms with E-state index in [1.807, 2.05) is 0 Å². The third kappa shape index (κ3) is 3.16. The Balaban J connectivity index is 2.15. The van der Waals surface area contributed by atoms with Crippen LogP contribution in [-0.4, -0.2) is 46.8 Å². The standard InChI is InChI=1S/C14H13BrN2O5/c1-2-22-11(18)8-17-13(20)12(19)16(14(17)21)7-9-5-3-4-6-10(9)15/h3-6H,2,7-8H2,1H3. The van der Waals surface area contributed by atoms with Gasteiger partial charge in [-0.3, -0.25) is 19.3 Å². The SMILES string of the molecule is CCOC(=O)CN1C(=O)C(=O)N(Cc2ccccc2Br)C1=O. The van der Waals surface area contributed by atoms with E-state index in [9.17, 15) is 19.2 Å². The van der Waals surface area contributed by atoms with E-state index in [0.717, 1.165) is 4.90 Å². The fourth-order valence-corrected chi connectivity index (χ4v) is 2.37. The summed E-state index contributed by atoms with van der Waals surface area (Å²) < 4.78 is 5.40. The number of ether oxygens (including phenoxy) is 1. The zero-order valence-electron chi connectivity index (χ0n) is 11.7. The number of benzene rings is 1. The topological polar surface area (TPSA) is 84.0 Å². The molecule has 0 aromatic heterocycles. The summed E-state index contributed by atoms with van der Waals surface area (Å²) in [5.41, 5.74) is 0.676. The molecule has 0 saturated carbocycles. The Morgan fingerprint density at radius 3 is 2.41 bits per heavy atom. The number of carbonyl (C=O) groups is 4. The van der Waals surface area contributed by atoms with Crippen molar-refractivity contribution in [1.29, 1.82) is 0 Å². The van der Waals surface area contributed by atoms with Gasteiger partial charge in [-0.2, -0.15) is 0 Å². The van der Waals surface area contributed by atoms with E-state index in [-0.39, 0.29) is 13.2 Å². The van der Waals surface area contributed by atoms with Crippen LogP contribution in [0.4, 0.5) is 4.79 Å². The van der Waals surface area contributed by atoms with E-state index in [2.05, 4.69) is 20.7 Å². The lowest BCUT2D eigenvalue weighted by Crippen LogP contribution is -2.37. The zero-order valence-corrected chi connectivity index (χ0v) is 13.3. The van der Waals surface area contributed by atoms with E-state index in [1.54, 1.807) is 31.2 Å². The van der Waals surface area contributed by atoms with Crippen LogP contribution in [0.1, 0.15) is 12.5 Å². The number of amides is 4. The van der Waals surface area contributed by atoms with Gasteiger partial charge < -0.3 is 4.74 Å². The molecular weight excluding hydrogens is 356 g/mol. The van der Waals surface area contributed by atoms with Crippen LogP contribution in [0.3, 0.4) is 0 Å². The number of hydrogen-bond acceptors (Lipinski definition) is 5. The Hall–Kier alpha value is -2.22. The van der Waals surface area contributed by atoms with Crippen LogP contribution in [0.25, 0.3) is 0 Å². The second-order valence-corrected chi connectivity index (χ2v) is 5.32. The Labute approximate surface area is 134 Å². The number of imide groups is 2. The molecule has 1 aliphatic rings. The average Bonchev–Trinajstić information content (AvgIpc) is 2.67. The second-order valence-electron chi connectivity index (χ2n) is 4.46. The van der Waals surface area contributed by atoms with Crippen molar-refractivity contribution in [2.45, 2.75) is 13.5 Å². The first-order chi connectivity index (χ1) is 10.5. The minimum atomic E-state index is -1.02. The van der Waals surface area contributed by atoms with E-state index in [1.165, 1.54) is 0 Å². The summed E-state index contributed by atoms with van der Waals surface area (Å²) in [6.45, 7) is 1.12. The minimum Gasteiger partial charge on any atom is -0.465 e. The van der Waals surface area contributed by atoms with Gasteiger partial charge >= 0.3 is 23.8 Å². The number of esters is 1. The third-order valence-electron chi connectivity index (χ3n) is 3.01. The van der Waals surface area contributed by atoms with Gasteiger partial charge in [0.05, 0.1) is 13.2 Å². The maximum atomic E-state index is 12.2. The van der Waals surface area contributed by atoms with Gasteiger partial charge in [0, 0.05) is 4.47 Å². The first-order valence-electron chi connectivity index (χ1n) is 6.52. The molecule has 0 N–H and O–H groups in total. The van der Waals surface area contributed by atoms with Crippen LogP contribution >= 0.6 is 15.9 Å². The van der Waals surface area contributed by atoms with Crippen molar-refractivity contribution in [3.63, 3.8) is 0 Å². The molecule has 1 heterocycles. The van der Waals surface area contributed by atoms with Crippen LogP contribution in [0.15, 0.2) is 28.7 Å². The fraction of sp³-hybridized carbons (Fsp3) is 0.286. The summed E-state index contributed by atoms with van der Waals surface area (Å²) in [5.74, 6) is -2.71. The van der Waals surface area contributed by atoms with Crippen molar-refractivity contribution in [2.24, 2.45) is 0 Å². The molecule has 2 rings (SSSR count). The lowest BCUT2D eigenvalue weighted by Gasteiger charge is -2.15. The molecule has 0 aliphatic carbocycles. The van der Waals surface area contributed by atoms with Crippen molar-refractivity contribution in [1.82, 2.24) is 9.80 Å². The van der Waals surface area contributed by atoms with Crippen molar-refractivity contribution in [2.75, 3.05) is 13.2 Å². The fourth-order valence-electron chi connectivity index (χ4n) is 1.96. The van der Waals surface area contributed by atoms with Gasteiger partial charge in [-0.1, -0.05) is 34.1 Å². The van der Waals surface area contributed by atoms with Crippen LogP contribution in [0.2, 0.25) is 0 Å². The Kier molecular flexibility index (Phi) is 4.92. The lowest BCUT2D eigenvalue weighted by molar-refractivity contribution is -0.148. The van der Waals surface area contributed by atoms with Gasteiger partial charge in [0.15, 0.2) is 0 Å². The van der Waals surface area contributed by atoms with E-state index in [0.29, 0.717) is 14.9 Å². The van der Waals surface area contributed by atoms with Gasteiger partial charge in [0.2, 0.25) is 0 Å². The molecular formula is C14H13BrN2O5. The van der Waals surface area contributed by atoms with Crippen LogP contribution < -0.4 is 0 Å². The van der Waals surface area contributed by atoms with Gasteiger partial charge in [0.1, 0.15) is 6.54 Å². The predicted molar refractivity (Wildman–Crippen MR) is 78.4 cm³/mol. The van der Waals surface area contributed by atoms with E-state index < -0.39 is 30.4 Å². The molecule has 1 aliphatic heterocycles. The highest BCUT2D eigenvalue weighted by molar-refractivity contribution is 9.10. The van der Waals surface area contributed by atoms with Crippen molar-refractivity contribution in [3.05, 3.63) is 34.3 Å². The monoisotopic (exact) mass is 368 g/mol. The average molecular weight is 369 g/mol. The molecule has 7 nitrogen and oxygen atoms in total. The summed E-state index contributed by atoms with van der Waals surface area (Å²) in [5, 5.41) is 0. The molecule has 1 fully saturated rings. The summed E-state index contributed by atoms with van der Waals surface area (Å²) >= 11 is 3.31. The van der Waals surface area contributed by atoms with Gasteiger partial charge in [-0.25, -0.2) is 9.69 Å². The molecule has 0 spiro atoms. The van der Waals surface area contributed by atoms with Crippen LogP contribution in [0, 0.1) is 0 Å². The number of halogens is 1. The van der Waals surface area contributed by atoms with E-state index in [4.69, 9.17) is 0 Å². The molecule has 1 aromatic carbocycles. The minimum absolute atomic E-state index is 0.0514. The first kappa shape index (κ1) is 16.2. The number of nitrogens with zero attached hydrogens (tertiary/aromatic N) is 2. The lowest BCUT2D eigenvalue weighted by atomic mass is 10.2. The first-order valence-corrected chi connectivity index (χ1v) is 7.31. The predicted octanol–water partition coefficient (Wildman–Crippen LogP) is 1.30. The van der Waals surface area contributed by atoms with Gasteiger partial charge in [0.25, 0.3) is 0 Å².